The molecule has 6 nitrogen and oxygen atoms in total. The third kappa shape index (κ3) is 6.20. The zero-order chi connectivity index (χ0) is 15.1. The molecule has 1 amide bonds. The lowest BCUT2D eigenvalue weighted by atomic mass is 10.1. The summed E-state index contributed by atoms with van der Waals surface area (Å²) in [7, 11) is 3.06. The van der Waals surface area contributed by atoms with Crippen molar-refractivity contribution < 1.29 is 19.4 Å². The lowest BCUT2D eigenvalue weighted by Gasteiger charge is -2.17. The molecule has 0 aliphatic carbocycles. The third-order valence-electron chi connectivity index (χ3n) is 2.80. The molecule has 2 atom stereocenters. The van der Waals surface area contributed by atoms with Crippen molar-refractivity contribution in [3.8, 4) is 11.5 Å². The predicted molar refractivity (Wildman–Crippen MR) is 83.0 cm³/mol. The van der Waals surface area contributed by atoms with E-state index in [1.54, 1.807) is 32.2 Å². The number of benzene rings is 1. The molecule has 1 aromatic carbocycles. The minimum absolute atomic E-state index is 0. The van der Waals surface area contributed by atoms with E-state index in [-0.39, 0.29) is 37.3 Å². The van der Waals surface area contributed by atoms with E-state index in [0.29, 0.717) is 17.1 Å². The first-order valence-electron chi connectivity index (χ1n) is 6.40. The lowest BCUT2D eigenvalue weighted by Crippen LogP contribution is -2.32. The molecule has 0 bridgehead atoms. The van der Waals surface area contributed by atoms with Gasteiger partial charge < -0.3 is 25.6 Å². The summed E-state index contributed by atoms with van der Waals surface area (Å²) in [5.74, 6) is 0.961. The largest absolute Gasteiger partial charge is 0.497 e. The highest BCUT2D eigenvalue weighted by Crippen LogP contribution is 2.28. The van der Waals surface area contributed by atoms with Gasteiger partial charge in [-0.1, -0.05) is 0 Å². The molecule has 0 spiro atoms. The Labute approximate surface area is 131 Å². The van der Waals surface area contributed by atoms with Crippen molar-refractivity contribution in [2.24, 2.45) is 5.73 Å². The maximum absolute atomic E-state index is 11.5. The van der Waals surface area contributed by atoms with Crippen LogP contribution in [0.25, 0.3) is 0 Å². The zero-order valence-corrected chi connectivity index (χ0v) is 13.3. The average molecular weight is 319 g/mol. The number of methoxy groups -OCH3 is 2. The minimum atomic E-state index is -0.878. The van der Waals surface area contributed by atoms with E-state index in [0.717, 1.165) is 0 Å². The summed E-state index contributed by atoms with van der Waals surface area (Å²) in [6, 6.07) is 4.92. The molecule has 1 aromatic rings. The Morgan fingerprint density at radius 2 is 2.05 bits per heavy atom. The number of ether oxygens (including phenoxy) is 2. The summed E-state index contributed by atoms with van der Waals surface area (Å²) in [4.78, 5) is 11.5. The number of hydrogen-bond acceptors (Lipinski definition) is 5. The van der Waals surface area contributed by atoms with Crippen LogP contribution in [-0.2, 0) is 4.79 Å². The Hall–Kier alpha value is -1.50. The molecule has 1 rings (SSSR count). The van der Waals surface area contributed by atoms with Crippen molar-refractivity contribution in [2.45, 2.75) is 25.5 Å². The number of carbonyl (C=O) groups is 1. The number of nitrogens with one attached hydrogen (secondary N) is 1. The van der Waals surface area contributed by atoms with Crippen LogP contribution in [0.1, 0.15) is 25.0 Å². The molecule has 0 fully saturated rings. The molecule has 4 N–H and O–H groups in total. The van der Waals surface area contributed by atoms with Crippen molar-refractivity contribution in [3.63, 3.8) is 0 Å². The van der Waals surface area contributed by atoms with E-state index in [1.165, 1.54) is 7.11 Å². The van der Waals surface area contributed by atoms with Gasteiger partial charge in [-0.15, -0.1) is 12.4 Å². The first-order chi connectivity index (χ1) is 9.47. The Bertz CT molecular complexity index is 455. The molecule has 0 heterocycles. The van der Waals surface area contributed by atoms with E-state index in [4.69, 9.17) is 15.2 Å². The molecule has 0 aliphatic rings. The van der Waals surface area contributed by atoms with Crippen LogP contribution in [0, 0.1) is 0 Å². The number of hydrogen-bond donors (Lipinski definition) is 3. The molecule has 0 saturated heterocycles. The number of halogens is 1. The Morgan fingerprint density at radius 1 is 1.38 bits per heavy atom. The number of carbonyl (C=O) groups excluding carboxylic acids is 1. The van der Waals surface area contributed by atoms with Crippen LogP contribution in [0.15, 0.2) is 18.2 Å². The summed E-state index contributed by atoms with van der Waals surface area (Å²) < 4.78 is 10.3. The van der Waals surface area contributed by atoms with Gasteiger partial charge in [0.25, 0.3) is 0 Å². The van der Waals surface area contributed by atoms with Crippen LogP contribution >= 0.6 is 12.4 Å². The van der Waals surface area contributed by atoms with Crippen LogP contribution in [-0.4, -0.2) is 37.8 Å². The SMILES string of the molecule is COc1ccc(OC)c(C(O)CNC(=O)CC(C)N)c1.Cl. The fourth-order valence-corrected chi connectivity index (χ4v) is 1.78. The average Bonchev–Trinajstić information content (AvgIpc) is 2.43. The molecular formula is C14H23ClN2O4. The van der Waals surface area contributed by atoms with Gasteiger partial charge in [-0.05, 0) is 25.1 Å². The molecule has 7 heteroatoms. The fourth-order valence-electron chi connectivity index (χ4n) is 1.78. The summed E-state index contributed by atoms with van der Waals surface area (Å²) >= 11 is 0. The number of aliphatic hydroxyl groups is 1. The summed E-state index contributed by atoms with van der Waals surface area (Å²) in [5, 5.41) is 12.8. The van der Waals surface area contributed by atoms with Crippen molar-refractivity contribution >= 4 is 18.3 Å². The number of nitrogens with two attached hydrogens (primary N) is 1. The van der Waals surface area contributed by atoms with Crippen molar-refractivity contribution in [3.05, 3.63) is 23.8 Å². The van der Waals surface area contributed by atoms with Gasteiger partial charge in [-0.2, -0.15) is 0 Å². The molecule has 21 heavy (non-hydrogen) atoms. The molecule has 0 radical (unpaired) electrons. The van der Waals surface area contributed by atoms with Crippen LogP contribution in [0.5, 0.6) is 11.5 Å². The molecule has 2 unspecified atom stereocenters. The van der Waals surface area contributed by atoms with Crippen LogP contribution in [0.2, 0.25) is 0 Å². The molecular weight excluding hydrogens is 296 g/mol. The molecule has 0 aliphatic heterocycles. The molecule has 120 valence electrons. The van der Waals surface area contributed by atoms with Crippen molar-refractivity contribution in [1.29, 1.82) is 0 Å². The second kappa shape index (κ2) is 9.44. The smallest absolute Gasteiger partial charge is 0.221 e. The van der Waals surface area contributed by atoms with Crippen LogP contribution in [0.3, 0.4) is 0 Å². The maximum atomic E-state index is 11.5. The van der Waals surface area contributed by atoms with Crippen molar-refractivity contribution in [2.75, 3.05) is 20.8 Å². The molecule has 0 aromatic heterocycles. The number of rotatable bonds is 7. The molecule has 0 saturated carbocycles. The topological polar surface area (TPSA) is 93.8 Å². The Balaban J connectivity index is 0.00000400. The van der Waals surface area contributed by atoms with E-state index >= 15 is 0 Å². The van der Waals surface area contributed by atoms with Gasteiger partial charge in [0.1, 0.15) is 11.5 Å². The highest BCUT2D eigenvalue weighted by Gasteiger charge is 2.16. The summed E-state index contributed by atoms with van der Waals surface area (Å²) in [6.45, 7) is 1.84. The van der Waals surface area contributed by atoms with Gasteiger partial charge >= 0.3 is 0 Å². The lowest BCUT2D eigenvalue weighted by molar-refractivity contribution is -0.121. The highest BCUT2D eigenvalue weighted by molar-refractivity contribution is 5.85. The summed E-state index contributed by atoms with van der Waals surface area (Å²) in [5.41, 5.74) is 6.10. The highest BCUT2D eigenvalue weighted by atomic mass is 35.5. The first kappa shape index (κ1) is 19.5. The minimum Gasteiger partial charge on any atom is -0.497 e. The normalized spacial score (nSPS) is 12.8. The predicted octanol–water partition coefficient (Wildman–Crippen LogP) is 1.01. The quantitative estimate of drug-likeness (QED) is 0.697. The van der Waals surface area contributed by atoms with E-state index in [2.05, 4.69) is 5.32 Å². The number of aliphatic hydroxyl groups excluding tert-OH is 1. The van der Waals surface area contributed by atoms with E-state index < -0.39 is 6.10 Å². The zero-order valence-electron chi connectivity index (χ0n) is 12.5. The Kier molecular flexibility index (Phi) is 8.76. The van der Waals surface area contributed by atoms with Gasteiger partial charge in [0.15, 0.2) is 0 Å². The van der Waals surface area contributed by atoms with Gasteiger partial charge in [0, 0.05) is 24.6 Å². The van der Waals surface area contributed by atoms with E-state index in [1.807, 2.05) is 0 Å². The standard InChI is InChI=1S/C14H22N2O4.ClH/c1-9(15)6-14(18)16-8-12(17)11-7-10(19-2)4-5-13(11)20-3;/h4-5,7,9,12,17H,6,8,15H2,1-3H3,(H,16,18);1H. The maximum Gasteiger partial charge on any atom is 0.221 e. The van der Waals surface area contributed by atoms with Gasteiger partial charge in [-0.25, -0.2) is 0 Å². The van der Waals surface area contributed by atoms with Gasteiger partial charge in [0.2, 0.25) is 5.91 Å². The van der Waals surface area contributed by atoms with E-state index in [9.17, 15) is 9.90 Å². The summed E-state index contributed by atoms with van der Waals surface area (Å²) in [6.07, 6.45) is -0.654. The fraction of sp³-hybridized carbons (Fsp3) is 0.500. The first-order valence-corrected chi connectivity index (χ1v) is 6.40. The second-order valence-electron chi connectivity index (χ2n) is 4.61. The van der Waals surface area contributed by atoms with Gasteiger partial charge in [0.05, 0.1) is 20.3 Å². The monoisotopic (exact) mass is 318 g/mol. The third-order valence-corrected chi connectivity index (χ3v) is 2.80. The second-order valence-corrected chi connectivity index (χ2v) is 4.61. The Morgan fingerprint density at radius 3 is 2.57 bits per heavy atom. The van der Waals surface area contributed by atoms with Crippen LogP contribution < -0.4 is 20.5 Å². The van der Waals surface area contributed by atoms with Crippen LogP contribution in [0.4, 0.5) is 0 Å². The van der Waals surface area contributed by atoms with Crippen molar-refractivity contribution in [1.82, 2.24) is 5.32 Å². The number of amides is 1. The van der Waals surface area contributed by atoms with Gasteiger partial charge in [-0.3, -0.25) is 4.79 Å².